The van der Waals surface area contributed by atoms with E-state index >= 15 is 9.59 Å². The average molecular weight is 1140 g/mol. The molecule has 0 aliphatic carbocycles. The Hall–Kier alpha value is -7.98. The lowest BCUT2D eigenvalue weighted by molar-refractivity contribution is -0.385. The van der Waals surface area contributed by atoms with E-state index < -0.39 is 73.0 Å². The molecule has 1 N–H and O–H groups in total. The van der Waals surface area contributed by atoms with Crippen LogP contribution in [0.1, 0.15) is 37.5 Å². The first-order valence-electron chi connectivity index (χ1n) is 23.8. The second-order valence-corrected chi connectivity index (χ2v) is 25.1. The second kappa shape index (κ2) is 26.4. The van der Waals surface area contributed by atoms with Crippen molar-refractivity contribution in [3.05, 3.63) is 211 Å². The third-order valence-corrected chi connectivity index (χ3v) is 20.4. The number of carbonyl (C=O) groups excluding carboxylic acids is 5. The summed E-state index contributed by atoms with van der Waals surface area (Å²) in [6, 6.07) is 43.7. The van der Waals surface area contributed by atoms with Crippen LogP contribution in [0.2, 0.25) is 0 Å². The number of rotatable bonds is 22. The zero-order valence-electron chi connectivity index (χ0n) is 41.9. The van der Waals surface area contributed by atoms with Gasteiger partial charge in [0.1, 0.15) is 42.6 Å². The fraction of sp³-hybridized carbons (Fsp3) is 0.222. The van der Waals surface area contributed by atoms with E-state index in [4.69, 9.17) is 18.9 Å². The quantitative estimate of drug-likeness (QED) is 0.0126. The number of ether oxygens (including phenoxy) is 4. The summed E-state index contributed by atoms with van der Waals surface area (Å²) >= 11 is 0.737. The number of hydrogen-bond acceptors (Lipinski definition) is 18. The van der Waals surface area contributed by atoms with E-state index in [1.165, 1.54) is 95.4 Å². The van der Waals surface area contributed by atoms with Gasteiger partial charge in [0.2, 0.25) is 5.91 Å². The molecule has 7 rings (SSSR count). The minimum absolute atomic E-state index is 0.0992. The number of non-ortho nitro benzene ring substituents is 3. The molecule has 20 nitrogen and oxygen atoms in total. The lowest BCUT2D eigenvalue weighted by Crippen LogP contribution is -2.67. The summed E-state index contributed by atoms with van der Waals surface area (Å²) in [4.78, 5) is 104. The second-order valence-electron chi connectivity index (χ2n) is 18.1. The highest BCUT2D eigenvalue weighted by Gasteiger charge is 2.58. The highest BCUT2D eigenvalue weighted by molar-refractivity contribution is 8.86. The molecule has 0 saturated carbocycles. The molecule has 1 saturated heterocycles. The van der Waals surface area contributed by atoms with Crippen LogP contribution in [-0.4, -0.2) is 77.4 Å². The van der Waals surface area contributed by atoms with Crippen LogP contribution >= 0.6 is 40.2 Å². The Labute approximate surface area is 459 Å². The summed E-state index contributed by atoms with van der Waals surface area (Å²) in [6.07, 6.45) is -3.16. The molecule has 3 atom stereocenters. The number of nitro groups is 3. The van der Waals surface area contributed by atoms with Crippen LogP contribution in [0.15, 0.2) is 164 Å². The molecule has 0 spiro atoms. The molecule has 6 aromatic rings. The van der Waals surface area contributed by atoms with E-state index in [0.29, 0.717) is 38.4 Å². The number of nitrogens with zero attached hydrogens (tertiary/aromatic N) is 4. The summed E-state index contributed by atoms with van der Waals surface area (Å²) < 4.78 is 22.0. The first-order chi connectivity index (χ1) is 37.4. The lowest BCUT2D eigenvalue weighted by atomic mass is 9.92. The number of likely N-dealkylation sites (tertiary alicyclic amines) is 1. The van der Waals surface area contributed by atoms with E-state index in [1.54, 1.807) is 36.4 Å². The fourth-order valence-corrected chi connectivity index (χ4v) is 16.8. The highest BCUT2D eigenvalue weighted by Crippen LogP contribution is 2.52. The van der Waals surface area contributed by atoms with Gasteiger partial charge in [0.05, 0.1) is 14.8 Å². The number of carbonyl (C=O) groups is 5. The number of nitro benzene ring substituents is 3. The van der Waals surface area contributed by atoms with Gasteiger partial charge in [-0.05, 0) is 104 Å². The van der Waals surface area contributed by atoms with Crippen LogP contribution in [-0.2, 0) is 48.4 Å². The van der Waals surface area contributed by atoms with Crippen molar-refractivity contribution in [1.29, 1.82) is 0 Å². The molecule has 6 aromatic carbocycles. The van der Waals surface area contributed by atoms with Gasteiger partial charge in [-0.3, -0.25) is 44.8 Å². The van der Waals surface area contributed by atoms with Gasteiger partial charge in [-0.15, -0.1) is 0 Å². The molecular formula is C54H50N5O15PS3. The summed E-state index contributed by atoms with van der Waals surface area (Å²) in [5.41, 5.74) is 0.218. The molecular weight excluding hydrogens is 1090 g/mol. The van der Waals surface area contributed by atoms with Crippen LogP contribution in [0.5, 0.6) is 0 Å². The third kappa shape index (κ3) is 14.3. The van der Waals surface area contributed by atoms with Crippen molar-refractivity contribution >= 4 is 107 Å². The van der Waals surface area contributed by atoms with Crippen LogP contribution < -0.4 is 21.2 Å². The molecule has 1 aliphatic heterocycles. The summed E-state index contributed by atoms with van der Waals surface area (Å²) in [5, 5.41) is 37.1. The minimum atomic E-state index is -3.55. The van der Waals surface area contributed by atoms with Gasteiger partial charge in [-0.2, -0.15) is 0 Å². The molecule has 3 unspecified atom stereocenters. The fourth-order valence-electron chi connectivity index (χ4n) is 8.11. The van der Waals surface area contributed by atoms with Crippen LogP contribution in [0.3, 0.4) is 0 Å². The molecule has 1 aliphatic rings. The number of amides is 2. The Bertz CT molecular complexity index is 3110. The normalized spacial score (nSPS) is 14.4. The maximum atomic E-state index is 15.5. The van der Waals surface area contributed by atoms with Gasteiger partial charge in [0.25, 0.3) is 21.5 Å². The number of nitrogens with one attached hydrogen (secondary N) is 1. The van der Waals surface area contributed by atoms with Crippen LogP contribution in [0, 0.1) is 41.7 Å². The number of esters is 1. The predicted molar refractivity (Wildman–Crippen MR) is 299 cm³/mol. The molecule has 2 amide bonds. The zero-order valence-corrected chi connectivity index (χ0v) is 45.3. The van der Waals surface area contributed by atoms with Gasteiger partial charge >= 0.3 is 18.2 Å². The monoisotopic (exact) mass is 1140 g/mol. The van der Waals surface area contributed by atoms with Crippen molar-refractivity contribution in [2.45, 2.75) is 52.1 Å². The molecule has 78 heavy (non-hydrogen) atoms. The van der Waals surface area contributed by atoms with Crippen molar-refractivity contribution in [1.82, 2.24) is 10.2 Å². The summed E-state index contributed by atoms with van der Waals surface area (Å²) in [7, 11) is 2.04. The Balaban J connectivity index is 1.21. The minimum Gasteiger partial charge on any atom is -0.456 e. The molecule has 24 heteroatoms. The third-order valence-electron chi connectivity index (χ3n) is 12.1. The van der Waals surface area contributed by atoms with E-state index in [1.807, 2.05) is 68.4 Å². The maximum Gasteiger partial charge on any atom is 0.508 e. The Morgan fingerprint density at radius 3 is 1.46 bits per heavy atom. The van der Waals surface area contributed by atoms with E-state index in [9.17, 15) is 44.7 Å². The number of benzene rings is 6. The van der Waals surface area contributed by atoms with Crippen molar-refractivity contribution < 1.29 is 57.7 Å². The van der Waals surface area contributed by atoms with Crippen molar-refractivity contribution in [2.75, 3.05) is 12.3 Å². The van der Waals surface area contributed by atoms with Crippen molar-refractivity contribution in [2.24, 2.45) is 11.3 Å². The Morgan fingerprint density at radius 1 is 0.628 bits per heavy atom. The molecule has 1 fully saturated rings. The molecule has 1 heterocycles. The largest absolute Gasteiger partial charge is 0.508 e. The SMILES string of the molecule is CC(OC(=O)OCc1ccc([N+](=O)[O-])cc1)C1C(=O)N(C(C(=O)OCc2ccc([N+](=O)[O-])cc2)=P(c2ccccc2)(c2ccccc2)c2ccccc2)C1SC(=O)SSCC(C)(C)CNC(=O)OCc1ccc([N+](=O)[O-])cc1. The Kier molecular flexibility index (Phi) is 19.5. The van der Waals surface area contributed by atoms with Gasteiger partial charge in [-0.1, -0.05) is 116 Å². The van der Waals surface area contributed by atoms with E-state index in [-0.39, 0.29) is 48.8 Å². The number of thioether (sulfide) groups is 1. The number of hydrogen-bond donors (Lipinski definition) is 1. The first-order valence-corrected chi connectivity index (χ1v) is 28.7. The maximum absolute atomic E-state index is 15.5. The molecule has 0 radical (unpaired) electrons. The van der Waals surface area contributed by atoms with Gasteiger partial charge < -0.3 is 24.3 Å². The number of alkyl carbamates (subject to hydrolysis) is 1. The van der Waals surface area contributed by atoms with Crippen molar-refractivity contribution in [3.63, 3.8) is 0 Å². The zero-order chi connectivity index (χ0) is 56.0. The number of β-lactam (4-membered cyclic amide) rings is 1. The van der Waals surface area contributed by atoms with Crippen LogP contribution in [0.25, 0.3) is 0 Å². The average Bonchev–Trinajstić information content (AvgIpc) is 3.55. The van der Waals surface area contributed by atoms with Gasteiger partial charge in [-0.25, -0.2) is 14.4 Å². The van der Waals surface area contributed by atoms with E-state index in [0.717, 1.165) is 22.6 Å². The molecule has 404 valence electrons. The topological polar surface area (TPSA) is 267 Å². The van der Waals surface area contributed by atoms with Gasteiger partial charge in [0, 0.05) is 55.6 Å². The summed E-state index contributed by atoms with van der Waals surface area (Å²) in [6.45, 7) is 0.942. The standard InChI is InChI=1S/C54H50N5O15PS3/c1-36(74-52(63)73-33-39-23-29-42(30-24-39)59(69)70)46-47(60)56(49(46)77-53(64)78-76-35-54(2,3)34-55-51(62)72-32-38-21-27-41(28-22-38)58(67)68)48(50(61)71-31-37-19-25-40(26-20-37)57(65)66)75(43-13-7-4-8-14-43,44-15-9-5-10-16-44)45-17-11-6-12-18-45/h4-30,36,46,49H,31-35H2,1-3H3,(H,55,62). The molecule has 0 bridgehead atoms. The predicted octanol–water partition coefficient (Wildman–Crippen LogP) is 10.3. The smallest absolute Gasteiger partial charge is 0.456 e. The van der Waals surface area contributed by atoms with Crippen molar-refractivity contribution in [3.8, 4) is 0 Å². The van der Waals surface area contributed by atoms with E-state index in [2.05, 4.69) is 5.32 Å². The summed E-state index contributed by atoms with van der Waals surface area (Å²) in [5.74, 6) is -2.55. The Morgan fingerprint density at radius 2 is 1.04 bits per heavy atom. The highest BCUT2D eigenvalue weighted by atomic mass is 33.1. The lowest BCUT2D eigenvalue weighted by Gasteiger charge is -2.50. The molecule has 0 aromatic heterocycles. The first kappa shape index (κ1) is 57.7. The van der Waals surface area contributed by atoms with Crippen LogP contribution in [0.4, 0.5) is 31.4 Å². The van der Waals surface area contributed by atoms with Gasteiger partial charge in [0.15, 0.2) is 0 Å².